The molecule has 0 aromatic heterocycles. The maximum atomic E-state index is 13.5. The van der Waals surface area contributed by atoms with Crippen LogP contribution in [0.15, 0.2) is 0 Å². The fourth-order valence-electron chi connectivity index (χ4n) is 1.58. The van der Waals surface area contributed by atoms with Crippen molar-refractivity contribution in [3.63, 3.8) is 0 Å². The molecule has 1 aliphatic heterocycles. The predicted molar refractivity (Wildman–Crippen MR) is 45.2 cm³/mol. The molecule has 3 nitrogen and oxygen atoms in total. The number of halogens is 1. The number of aliphatic carboxylic acids is 1. The van der Waals surface area contributed by atoms with E-state index in [1.165, 1.54) is 6.92 Å². The predicted octanol–water partition coefficient (Wildman–Crippen LogP) is 1.47. The molecule has 4 heteroatoms. The van der Waals surface area contributed by atoms with Gasteiger partial charge in [-0.05, 0) is 25.7 Å². The molecule has 0 radical (unpaired) electrons. The van der Waals surface area contributed by atoms with Crippen LogP contribution in [0.5, 0.6) is 0 Å². The van der Waals surface area contributed by atoms with Gasteiger partial charge in [0.2, 0.25) is 0 Å². The zero-order valence-corrected chi connectivity index (χ0v) is 7.70. The molecule has 76 valence electrons. The molecular weight excluding hydrogens is 175 g/mol. The Morgan fingerprint density at radius 2 is 2.08 bits per heavy atom. The third-order valence-electron chi connectivity index (χ3n) is 2.58. The van der Waals surface area contributed by atoms with Crippen LogP contribution >= 0.6 is 0 Å². The summed E-state index contributed by atoms with van der Waals surface area (Å²) >= 11 is 0. The van der Waals surface area contributed by atoms with Crippen LogP contribution in [0.25, 0.3) is 0 Å². The van der Waals surface area contributed by atoms with E-state index < -0.39 is 18.1 Å². The molecule has 2 unspecified atom stereocenters. The van der Waals surface area contributed by atoms with Crippen molar-refractivity contribution in [3.8, 4) is 0 Å². The third-order valence-corrected chi connectivity index (χ3v) is 2.58. The monoisotopic (exact) mass is 190 g/mol. The summed E-state index contributed by atoms with van der Waals surface area (Å²) < 4.78 is 18.6. The lowest BCUT2D eigenvalue weighted by Crippen LogP contribution is -2.32. The number of alkyl halides is 1. The fourth-order valence-corrected chi connectivity index (χ4v) is 1.58. The summed E-state index contributed by atoms with van der Waals surface area (Å²) in [6, 6.07) is 0. The van der Waals surface area contributed by atoms with E-state index in [-0.39, 0.29) is 5.92 Å². The lowest BCUT2D eigenvalue weighted by molar-refractivity contribution is -0.144. The van der Waals surface area contributed by atoms with Crippen molar-refractivity contribution in [2.24, 2.45) is 11.8 Å². The minimum absolute atomic E-state index is 0.139. The minimum Gasteiger partial charge on any atom is -0.481 e. The van der Waals surface area contributed by atoms with Crippen LogP contribution in [-0.2, 0) is 9.53 Å². The molecule has 1 saturated heterocycles. The molecule has 0 aromatic rings. The van der Waals surface area contributed by atoms with Gasteiger partial charge in [0.15, 0.2) is 0 Å². The maximum Gasteiger partial charge on any atom is 0.309 e. The Hall–Kier alpha value is -0.640. The molecule has 0 saturated carbocycles. The maximum absolute atomic E-state index is 13.5. The first kappa shape index (κ1) is 10.4. The lowest BCUT2D eigenvalue weighted by Gasteiger charge is -2.27. The van der Waals surface area contributed by atoms with Gasteiger partial charge in [-0.3, -0.25) is 4.79 Å². The Kier molecular flexibility index (Phi) is 3.66. The first-order valence-electron chi connectivity index (χ1n) is 4.57. The van der Waals surface area contributed by atoms with Gasteiger partial charge >= 0.3 is 5.97 Å². The zero-order valence-electron chi connectivity index (χ0n) is 7.70. The van der Waals surface area contributed by atoms with Crippen molar-refractivity contribution >= 4 is 5.97 Å². The van der Waals surface area contributed by atoms with Crippen LogP contribution in [-0.4, -0.2) is 30.5 Å². The molecule has 0 spiro atoms. The highest BCUT2D eigenvalue weighted by Gasteiger charge is 2.31. The normalized spacial score (nSPS) is 23.8. The van der Waals surface area contributed by atoms with Crippen molar-refractivity contribution in [3.05, 3.63) is 0 Å². The van der Waals surface area contributed by atoms with Crippen LogP contribution in [0.4, 0.5) is 4.39 Å². The molecule has 0 amide bonds. The summed E-state index contributed by atoms with van der Waals surface area (Å²) in [5.41, 5.74) is 0. The quantitative estimate of drug-likeness (QED) is 0.733. The number of carbonyl (C=O) groups is 1. The average molecular weight is 190 g/mol. The highest BCUT2D eigenvalue weighted by Crippen LogP contribution is 2.26. The van der Waals surface area contributed by atoms with Gasteiger partial charge in [-0.2, -0.15) is 0 Å². The summed E-state index contributed by atoms with van der Waals surface area (Å²) in [4.78, 5) is 10.5. The van der Waals surface area contributed by atoms with Crippen LogP contribution in [0.3, 0.4) is 0 Å². The zero-order chi connectivity index (χ0) is 9.84. The lowest BCUT2D eigenvalue weighted by atomic mass is 9.88. The third kappa shape index (κ3) is 2.66. The van der Waals surface area contributed by atoms with E-state index in [4.69, 9.17) is 9.84 Å². The van der Waals surface area contributed by atoms with E-state index in [1.807, 2.05) is 0 Å². The molecule has 2 atom stereocenters. The highest BCUT2D eigenvalue weighted by atomic mass is 19.1. The number of carboxylic acids is 1. The van der Waals surface area contributed by atoms with E-state index in [1.54, 1.807) is 0 Å². The van der Waals surface area contributed by atoms with Crippen LogP contribution < -0.4 is 0 Å². The second kappa shape index (κ2) is 4.56. The minimum atomic E-state index is -1.23. The Balaban J connectivity index is 2.44. The SMILES string of the molecule is CC(C(=O)O)C(F)C1CCOCC1. The van der Waals surface area contributed by atoms with Crippen molar-refractivity contribution in [1.29, 1.82) is 0 Å². The molecule has 1 fully saturated rings. The highest BCUT2D eigenvalue weighted by molar-refractivity contribution is 5.70. The van der Waals surface area contributed by atoms with Gasteiger partial charge in [-0.25, -0.2) is 4.39 Å². The second-order valence-corrected chi connectivity index (χ2v) is 3.52. The van der Waals surface area contributed by atoms with E-state index >= 15 is 0 Å². The number of hydrogen-bond acceptors (Lipinski definition) is 2. The van der Waals surface area contributed by atoms with Gasteiger partial charge in [-0.1, -0.05) is 0 Å². The van der Waals surface area contributed by atoms with E-state index in [9.17, 15) is 9.18 Å². The van der Waals surface area contributed by atoms with E-state index in [0.717, 1.165) is 0 Å². The van der Waals surface area contributed by atoms with Crippen molar-refractivity contribution in [2.45, 2.75) is 25.9 Å². The van der Waals surface area contributed by atoms with Crippen LogP contribution in [0, 0.1) is 11.8 Å². The molecule has 1 N–H and O–H groups in total. The molecule has 0 aliphatic carbocycles. The van der Waals surface area contributed by atoms with Gasteiger partial charge in [0, 0.05) is 13.2 Å². The molecule has 1 rings (SSSR count). The fraction of sp³-hybridized carbons (Fsp3) is 0.889. The van der Waals surface area contributed by atoms with Gasteiger partial charge in [0.25, 0.3) is 0 Å². The second-order valence-electron chi connectivity index (χ2n) is 3.52. The average Bonchev–Trinajstić information content (AvgIpc) is 2.17. The molecule has 1 aliphatic rings. The van der Waals surface area contributed by atoms with Crippen molar-refractivity contribution < 1.29 is 19.0 Å². The standard InChI is InChI=1S/C9H15FO3/c1-6(9(11)12)8(10)7-2-4-13-5-3-7/h6-8H,2-5H2,1H3,(H,11,12). The van der Waals surface area contributed by atoms with Gasteiger partial charge in [0.1, 0.15) is 6.17 Å². The van der Waals surface area contributed by atoms with Gasteiger partial charge in [-0.15, -0.1) is 0 Å². The topological polar surface area (TPSA) is 46.5 Å². The number of hydrogen-bond donors (Lipinski definition) is 1. The molecular formula is C9H15FO3. The van der Waals surface area contributed by atoms with Crippen molar-refractivity contribution in [2.75, 3.05) is 13.2 Å². The summed E-state index contributed by atoms with van der Waals surface area (Å²) in [6.07, 6.45) is 0.0406. The molecule has 13 heavy (non-hydrogen) atoms. The summed E-state index contributed by atoms with van der Waals surface area (Å²) in [7, 11) is 0. The van der Waals surface area contributed by atoms with E-state index in [2.05, 4.69) is 0 Å². The number of rotatable bonds is 3. The summed E-state index contributed by atoms with van der Waals surface area (Å²) in [6.45, 7) is 2.53. The Bertz CT molecular complexity index is 178. The number of ether oxygens (including phenoxy) is 1. The first-order valence-corrected chi connectivity index (χ1v) is 4.57. The van der Waals surface area contributed by atoms with E-state index in [0.29, 0.717) is 26.1 Å². The van der Waals surface area contributed by atoms with Gasteiger partial charge in [0.05, 0.1) is 5.92 Å². The molecule has 0 aromatic carbocycles. The molecule has 0 bridgehead atoms. The summed E-state index contributed by atoms with van der Waals surface area (Å²) in [5.74, 6) is -2.10. The Morgan fingerprint density at radius 3 is 2.54 bits per heavy atom. The largest absolute Gasteiger partial charge is 0.481 e. The Labute approximate surface area is 76.9 Å². The smallest absolute Gasteiger partial charge is 0.309 e. The van der Waals surface area contributed by atoms with Crippen LogP contribution in [0.2, 0.25) is 0 Å². The van der Waals surface area contributed by atoms with Gasteiger partial charge < -0.3 is 9.84 Å². The van der Waals surface area contributed by atoms with Crippen LogP contribution in [0.1, 0.15) is 19.8 Å². The summed E-state index contributed by atoms with van der Waals surface area (Å²) in [5, 5.41) is 8.61. The number of carboxylic acid groups (broad SMARTS) is 1. The molecule has 1 heterocycles. The first-order chi connectivity index (χ1) is 6.13. The van der Waals surface area contributed by atoms with Crippen molar-refractivity contribution in [1.82, 2.24) is 0 Å². The Morgan fingerprint density at radius 1 is 1.54 bits per heavy atom.